The van der Waals surface area contributed by atoms with Crippen molar-refractivity contribution in [2.45, 2.75) is 38.5 Å². The highest BCUT2D eigenvalue weighted by molar-refractivity contribution is 7.17. The summed E-state index contributed by atoms with van der Waals surface area (Å²) in [6.07, 6.45) is 2.31. The van der Waals surface area contributed by atoms with Crippen LogP contribution in [0.4, 0.5) is 4.39 Å². The first-order chi connectivity index (χ1) is 15.6. The smallest absolute Gasteiger partial charge is 0.261 e. The summed E-state index contributed by atoms with van der Waals surface area (Å²) in [6.45, 7) is 4.80. The summed E-state index contributed by atoms with van der Waals surface area (Å²) < 4.78 is 20.3. The lowest BCUT2D eigenvalue weighted by Gasteiger charge is -2.49. The molecule has 2 atom stereocenters. The summed E-state index contributed by atoms with van der Waals surface area (Å²) in [5, 5.41) is 3.27. The molecule has 3 saturated heterocycles. The van der Waals surface area contributed by atoms with Gasteiger partial charge in [-0.25, -0.2) is 4.39 Å². The summed E-state index contributed by atoms with van der Waals surface area (Å²) >= 11 is 1.40. The highest BCUT2D eigenvalue weighted by Crippen LogP contribution is 2.34. The average molecular weight is 451 g/mol. The molecule has 0 radical (unpaired) electrons. The summed E-state index contributed by atoms with van der Waals surface area (Å²) in [5.74, 6) is 0.355. The second-order valence-electron chi connectivity index (χ2n) is 8.70. The van der Waals surface area contributed by atoms with Crippen molar-refractivity contribution < 1.29 is 13.9 Å². The molecule has 4 heterocycles. The van der Waals surface area contributed by atoms with Gasteiger partial charge in [0.25, 0.3) is 5.91 Å². The van der Waals surface area contributed by atoms with Crippen LogP contribution in [-0.2, 0) is 6.61 Å². The number of hydrogen-bond acceptors (Lipinski definition) is 4. The van der Waals surface area contributed by atoms with E-state index in [4.69, 9.17) is 4.74 Å². The van der Waals surface area contributed by atoms with Gasteiger partial charge in [0.05, 0.1) is 4.88 Å². The fraction of sp³-hybridized carbons (Fsp3) is 0.346. The lowest BCUT2D eigenvalue weighted by Crippen LogP contribution is -2.62. The molecule has 6 heteroatoms. The SMILES string of the molecule is C[C@H]1[C@H](NC(=O)c2ccc(-c3ccc(OCc4ccccc4)c(F)c3)s2)C2CCN1CC2. The van der Waals surface area contributed by atoms with Crippen molar-refractivity contribution in [2.24, 2.45) is 5.92 Å². The zero-order chi connectivity index (χ0) is 22.1. The molecule has 32 heavy (non-hydrogen) atoms. The second kappa shape index (κ2) is 9.04. The van der Waals surface area contributed by atoms with Crippen LogP contribution >= 0.6 is 11.3 Å². The first-order valence-corrected chi connectivity index (χ1v) is 12.0. The number of carbonyl (C=O) groups is 1. The Kier molecular flexibility index (Phi) is 5.98. The normalized spacial score (nSPS) is 24.3. The van der Waals surface area contributed by atoms with E-state index in [0.29, 0.717) is 23.4 Å². The molecule has 3 fully saturated rings. The quantitative estimate of drug-likeness (QED) is 0.551. The minimum Gasteiger partial charge on any atom is -0.486 e. The third-order valence-electron chi connectivity index (χ3n) is 6.76. The predicted molar refractivity (Wildman–Crippen MR) is 126 cm³/mol. The Labute approximate surface area is 192 Å². The molecule has 1 N–H and O–H groups in total. The predicted octanol–water partition coefficient (Wildman–Crippen LogP) is 5.35. The molecule has 166 valence electrons. The number of nitrogens with one attached hydrogen (secondary N) is 1. The van der Waals surface area contributed by atoms with E-state index in [1.165, 1.54) is 17.4 Å². The van der Waals surface area contributed by atoms with E-state index >= 15 is 0 Å². The van der Waals surface area contributed by atoms with Crippen LogP contribution in [0.15, 0.2) is 60.7 Å². The molecule has 0 unspecified atom stereocenters. The maximum absolute atomic E-state index is 14.6. The number of nitrogens with zero attached hydrogens (tertiary/aromatic N) is 1. The number of amides is 1. The minimum atomic E-state index is -0.404. The molecule has 3 aliphatic rings. The number of carbonyl (C=O) groups excluding carboxylic acids is 1. The van der Waals surface area contributed by atoms with Crippen LogP contribution in [0.2, 0.25) is 0 Å². The van der Waals surface area contributed by atoms with E-state index in [2.05, 4.69) is 17.1 Å². The first-order valence-electron chi connectivity index (χ1n) is 11.2. The summed E-state index contributed by atoms with van der Waals surface area (Å²) in [5.41, 5.74) is 1.73. The third kappa shape index (κ3) is 4.30. The van der Waals surface area contributed by atoms with Crippen LogP contribution in [0, 0.1) is 11.7 Å². The number of thiophene rings is 1. The van der Waals surface area contributed by atoms with Crippen LogP contribution in [0.25, 0.3) is 10.4 Å². The van der Waals surface area contributed by atoms with E-state index in [0.717, 1.165) is 41.9 Å². The van der Waals surface area contributed by atoms with E-state index in [-0.39, 0.29) is 17.7 Å². The maximum atomic E-state index is 14.6. The zero-order valence-electron chi connectivity index (χ0n) is 18.1. The highest BCUT2D eigenvalue weighted by Gasteiger charge is 2.40. The molecule has 2 aromatic carbocycles. The Hall–Kier alpha value is -2.70. The van der Waals surface area contributed by atoms with Crippen molar-refractivity contribution >= 4 is 17.2 Å². The number of rotatable bonds is 6. The van der Waals surface area contributed by atoms with Gasteiger partial charge in [0.15, 0.2) is 11.6 Å². The number of halogens is 1. The van der Waals surface area contributed by atoms with Crippen LogP contribution in [0.5, 0.6) is 5.75 Å². The molecule has 1 aromatic heterocycles. The number of ether oxygens (including phenoxy) is 1. The van der Waals surface area contributed by atoms with Crippen LogP contribution in [0.3, 0.4) is 0 Å². The fourth-order valence-electron chi connectivity index (χ4n) is 4.89. The first kappa shape index (κ1) is 21.2. The Bertz CT molecular complexity index is 1090. The lowest BCUT2D eigenvalue weighted by atomic mass is 9.79. The minimum absolute atomic E-state index is 0.0323. The highest BCUT2D eigenvalue weighted by atomic mass is 32.1. The zero-order valence-corrected chi connectivity index (χ0v) is 18.9. The van der Waals surface area contributed by atoms with Gasteiger partial charge in [0, 0.05) is 17.0 Å². The Morgan fingerprint density at radius 1 is 1.12 bits per heavy atom. The number of piperidine rings is 3. The van der Waals surface area contributed by atoms with Crippen LogP contribution in [0.1, 0.15) is 35.0 Å². The molecule has 6 rings (SSSR count). The number of fused-ring (bicyclic) bond motifs is 3. The van der Waals surface area contributed by atoms with Gasteiger partial charge in [-0.05, 0) is 80.2 Å². The van der Waals surface area contributed by atoms with E-state index in [1.807, 2.05) is 48.5 Å². The molecular weight excluding hydrogens is 423 g/mol. The number of benzene rings is 2. The third-order valence-corrected chi connectivity index (χ3v) is 7.89. The average Bonchev–Trinajstić information content (AvgIpc) is 3.32. The van der Waals surface area contributed by atoms with Crippen molar-refractivity contribution in [1.29, 1.82) is 0 Å². The molecule has 1 amide bonds. The van der Waals surface area contributed by atoms with Gasteiger partial charge < -0.3 is 10.1 Å². The van der Waals surface area contributed by atoms with Crippen molar-refractivity contribution in [1.82, 2.24) is 10.2 Å². The summed E-state index contributed by atoms with van der Waals surface area (Å²) in [6, 6.07) is 19.0. The van der Waals surface area contributed by atoms with E-state index in [1.54, 1.807) is 6.07 Å². The van der Waals surface area contributed by atoms with E-state index in [9.17, 15) is 9.18 Å². The van der Waals surface area contributed by atoms with Gasteiger partial charge in [-0.3, -0.25) is 9.69 Å². The molecule has 3 aromatic rings. The fourth-order valence-corrected chi connectivity index (χ4v) is 5.79. The standard InChI is InChI=1S/C26H27FN2O2S/c1-17-25(19-11-13-29(17)14-12-19)28-26(30)24-10-9-23(32-24)20-7-8-22(21(27)15-20)31-16-18-5-3-2-4-6-18/h2-10,15,17,19,25H,11-14,16H2,1H3,(H,28,30)/t17-,25-/m0/s1. The molecule has 0 saturated carbocycles. The van der Waals surface area contributed by atoms with Gasteiger partial charge in [-0.1, -0.05) is 30.3 Å². The number of hydrogen-bond donors (Lipinski definition) is 1. The van der Waals surface area contributed by atoms with Crippen LogP contribution in [-0.4, -0.2) is 36.0 Å². The summed E-state index contributed by atoms with van der Waals surface area (Å²) in [4.78, 5) is 16.9. The molecular formula is C26H27FN2O2S. The molecule has 0 aliphatic carbocycles. The van der Waals surface area contributed by atoms with E-state index < -0.39 is 5.82 Å². The van der Waals surface area contributed by atoms with Crippen molar-refractivity contribution in [3.05, 3.63) is 76.9 Å². The topological polar surface area (TPSA) is 41.6 Å². The lowest BCUT2D eigenvalue weighted by molar-refractivity contribution is 0.0218. The second-order valence-corrected chi connectivity index (χ2v) is 9.78. The molecule has 3 aliphatic heterocycles. The van der Waals surface area contributed by atoms with Crippen molar-refractivity contribution in [3.63, 3.8) is 0 Å². The van der Waals surface area contributed by atoms with Gasteiger partial charge in [0.2, 0.25) is 0 Å². The van der Waals surface area contributed by atoms with Gasteiger partial charge in [0.1, 0.15) is 6.61 Å². The molecule has 0 spiro atoms. The Morgan fingerprint density at radius 2 is 1.91 bits per heavy atom. The maximum Gasteiger partial charge on any atom is 0.261 e. The molecule has 4 nitrogen and oxygen atoms in total. The van der Waals surface area contributed by atoms with Crippen molar-refractivity contribution in [2.75, 3.05) is 13.1 Å². The largest absolute Gasteiger partial charge is 0.486 e. The monoisotopic (exact) mass is 450 g/mol. The van der Waals surface area contributed by atoms with Gasteiger partial charge in [-0.2, -0.15) is 0 Å². The van der Waals surface area contributed by atoms with Crippen LogP contribution < -0.4 is 10.1 Å². The molecule has 2 bridgehead atoms. The van der Waals surface area contributed by atoms with Gasteiger partial charge >= 0.3 is 0 Å². The van der Waals surface area contributed by atoms with Gasteiger partial charge in [-0.15, -0.1) is 11.3 Å². The summed E-state index contributed by atoms with van der Waals surface area (Å²) in [7, 11) is 0. The Balaban J connectivity index is 1.25. The van der Waals surface area contributed by atoms with Crippen molar-refractivity contribution in [3.8, 4) is 16.2 Å². The Morgan fingerprint density at radius 3 is 2.62 bits per heavy atom.